The number of hydrogen-bond acceptors (Lipinski definition) is 6. The maximum absolute atomic E-state index is 12.2. The molecule has 184 valence electrons. The number of ether oxygens (including phenoxy) is 1. The molecular formula is C25H34ClN5O3. The van der Waals surface area contributed by atoms with Crippen molar-refractivity contribution < 1.29 is 14.6 Å². The second-order valence-electron chi connectivity index (χ2n) is 11.0. The smallest absolute Gasteiger partial charge is 0.408 e. The van der Waals surface area contributed by atoms with Crippen LogP contribution in [0, 0.1) is 5.41 Å². The van der Waals surface area contributed by atoms with Gasteiger partial charge in [0.25, 0.3) is 0 Å². The van der Waals surface area contributed by atoms with Gasteiger partial charge in [-0.15, -0.1) is 0 Å². The van der Waals surface area contributed by atoms with E-state index >= 15 is 0 Å². The van der Waals surface area contributed by atoms with E-state index in [1.165, 1.54) is 0 Å². The predicted octanol–water partition coefficient (Wildman–Crippen LogP) is 4.62. The Labute approximate surface area is 205 Å². The van der Waals surface area contributed by atoms with Gasteiger partial charge >= 0.3 is 6.09 Å². The number of hydrogen-bond donors (Lipinski definition) is 2. The van der Waals surface area contributed by atoms with Crippen molar-refractivity contribution in [2.45, 2.75) is 70.6 Å². The van der Waals surface area contributed by atoms with E-state index in [-0.39, 0.29) is 17.5 Å². The Morgan fingerprint density at radius 2 is 2.06 bits per heavy atom. The van der Waals surface area contributed by atoms with Gasteiger partial charge in [0.2, 0.25) is 0 Å². The minimum absolute atomic E-state index is 0.0201. The van der Waals surface area contributed by atoms with Crippen LogP contribution in [0.15, 0.2) is 18.2 Å². The van der Waals surface area contributed by atoms with E-state index in [0.717, 1.165) is 80.9 Å². The Hall–Kier alpha value is -2.16. The number of amides is 1. The molecule has 34 heavy (non-hydrogen) atoms. The summed E-state index contributed by atoms with van der Waals surface area (Å²) >= 11 is 6.42. The summed E-state index contributed by atoms with van der Waals surface area (Å²) in [6.07, 6.45) is 2.50. The highest BCUT2D eigenvalue weighted by atomic mass is 35.5. The highest BCUT2D eigenvalue weighted by molar-refractivity contribution is 6.30. The fourth-order valence-corrected chi connectivity index (χ4v) is 6.45. The van der Waals surface area contributed by atoms with E-state index in [0.29, 0.717) is 5.15 Å². The largest absolute Gasteiger partial charge is 0.465 e. The number of piperidine rings is 1. The summed E-state index contributed by atoms with van der Waals surface area (Å²) in [5.41, 5.74) is 1.27. The molecule has 0 unspecified atom stereocenters. The quantitative estimate of drug-likeness (QED) is 0.608. The lowest BCUT2D eigenvalue weighted by Gasteiger charge is -2.53. The molecule has 0 radical (unpaired) electrons. The Kier molecular flexibility index (Phi) is 6.11. The molecule has 0 aliphatic carbocycles. The van der Waals surface area contributed by atoms with Gasteiger partial charge in [-0.1, -0.05) is 32.4 Å². The first-order chi connectivity index (χ1) is 16.2. The number of pyridine rings is 2. The SMILES string of the molecule is CC(C)(C)[C@@]12CC[C@@H](C[C@H](Nc3nc(Cl)cc4nc(CN5CCOCC5)ccc34)C1)N2C(=O)O. The minimum atomic E-state index is -0.806. The summed E-state index contributed by atoms with van der Waals surface area (Å²) in [5.74, 6) is 0.727. The number of halogens is 1. The van der Waals surface area contributed by atoms with Crippen LogP contribution in [0.2, 0.25) is 5.15 Å². The third-order valence-corrected chi connectivity index (χ3v) is 8.20. The van der Waals surface area contributed by atoms with Crippen LogP contribution < -0.4 is 5.32 Å². The van der Waals surface area contributed by atoms with Crippen LogP contribution >= 0.6 is 11.6 Å². The average molecular weight is 488 g/mol. The number of nitrogens with one attached hydrogen (secondary N) is 1. The number of nitrogens with zero attached hydrogens (tertiary/aromatic N) is 4. The number of rotatable bonds is 4. The molecule has 2 aromatic heterocycles. The van der Waals surface area contributed by atoms with Gasteiger partial charge in [0, 0.05) is 43.2 Å². The number of morpholine rings is 1. The highest BCUT2D eigenvalue weighted by Gasteiger charge is 2.59. The van der Waals surface area contributed by atoms with Gasteiger partial charge in [0.1, 0.15) is 11.0 Å². The molecule has 5 rings (SSSR count). The Morgan fingerprint density at radius 1 is 1.29 bits per heavy atom. The first-order valence-electron chi connectivity index (χ1n) is 12.2. The third-order valence-electron chi connectivity index (χ3n) is 8.00. The van der Waals surface area contributed by atoms with Crippen molar-refractivity contribution in [1.82, 2.24) is 19.8 Å². The molecule has 3 aliphatic rings. The van der Waals surface area contributed by atoms with Crippen molar-refractivity contribution >= 4 is 34.4 Å². The van der Waals surface area contributed by atoms with E-state index < -0.39 is 11.6 Å². The van der Waals surface area contributed by atoms with Gasteiger partial charge in [0.15, 0.2) is 0 Å². The Morgan fingerprint density at radius 3 is 2.76 bits per heavy atom. The number of aromatic nitrogens is 2. The molecule has 0 saturated carbocycles. The zero-order valence-electron chi connectivity index (χ0n) is 20.2. The van der Waals surface area contributed by atoms with Crippen LogP contribution in [-0.2, 0) is 11.3 Å². The van der Waals surface area contributed by atoms with Crippen LogP contribution in [0.1, 0.15) is 52.1 Å². The summed E-state index contributed by atoms with van der Waals surface area (Å²) in [5, 5.41) is 15.0. The molecule has 3 atom stereocenters. The molecule has 0 spiro atoms. The van der Waals surface area contributed by atoms with Crippen molar-refractivity contribution in [3.8, 4) is 0 Å². The molecular weight excluding hydrogens is 454 g/mol. The molecule has 1 amide bonds. The topological polar surface area (TPSA) is 90.8 Å². The van der Waals surface area contributed by atoms with E-state index in [1.54, 1.807) is 4.90 Å². The van der Waals surface area contributed by atoms with Crippen LogP contribution in [0.4, 0.5) is 10.6 Å². The zero-order chi connectivity index (χ0) is 24.1. The molecule has 0 aromatic carbocycles. The summed E-state index contributed by atoms with van der Waals surface area (Å²) in [6, 6.07) is 6.09. The second-order valence-corrected chi connectivity index (χ2v) is 11.3. The van der Waals surface area contributed by atoms with E-state index in [4.69, 9.17) is 21.3 Å². The van der Waals surface area contributed by atoms with Gasteiger partial charge in [-0.3, -0.25) is 14.8 Å². The van der Waals surface area contributed by atoms with Gasteiger partial charge in [-0.2, -0.15) is 0 Å². The Bertz CT molecular complexity index is 1080. The molecule has 2 bridgehead atoms. The zero-order valence-corrected chi connectivity index (χ0v) is 20.9. The first-order valence-corrected chi connectivity index (χ1v) is 12.6. The molecule has 2 aromatic rings. The van der Waals surface area contributed by atoms with Crippen LogP contribution in [0.5, 0.6) is 0 Å². The molecule has 5 heterocycles. The number of fused-ring (bicyclic) bond motifs is 3. The standard InChI is InChI=1S/C25H34ClN5O3/c1-24(2,3)25-7-6-18(31(25)23(32)33)12-17(14-25)28-22-19-5-4-16(15-30-8-10-34-11-9-30)27-20(19)13-21(26)29-22/h4-5,13,17-18H,6-12,14-15H2,1-3H3,(H,28,29)(H,32,33)/t17-,18-,25+/m0/s1. The first kappa shape index (κ1) is 23.6. The van der Waals surface area contributed by atoms with Gasteiger partial charge in [0.05, 0.1) is 30.0 Å². The van der Waals surface area contributed by atoms with Crippen molar-refractivity contribution in [2.75, 3.05) is 31.6 Å². The van der Waals surface area contributed by atoms with Crippen molar-refractivity contribution in [2.24, 2.45) is 5.41 Å². The van der Waals surface area contributed by atoms with Crippen molar-refractivity contribution in [3.63, 3.8) is 0 Å². The summed E-state index contributed by atoms with van der Waals surface area (Å²) in [4.78, 5) is 25.8. The van der Waals surface area contributed by atoms with E-state index in [2.05, 4.69) is 48.1 Å². The molecule has 8 nitrogen and oxygen atoms in total. The average Bonchev–Trinajstić information content (AvgIpc) is 3.03. The van der Waals surface area contributed by atoms with Crippen molar-refractivity contribution in [3.05, 3.63) is 29.0 Å². The fraction of sp³-hybridized carbons (Fsp3) is 0.640. The van der Waals surface area contributed by atoms with Gasteiger partial charge < -0.3 is 15.2 Å². The minimum Gasteiger partial charge on any atom is -0.465 e. The molecule has 2 N–H and O–H groups in total. The maximum Gasteiger partial charge on any atom is 0.408 e. The monoisotopic (exact) mass is 487 g/mol. The lowest BCUT2D eigenvalue weighted by Crippen LogP contribution is -2.63. The van der Waals surface area contributed by atoms with E-state index in [1.807, 2.05) is 6.07 Å². The molecule has 3 aliphatic heterocycles. The molecule has 9 heteroatoms. The number of carboxylic acid groups (broad SMARTS) is 1. The Balaban J connectivity index is 1.41. The third kappa shape index (κ3) is 4.20. The normalized spacial score (nSPS) is 27.8. The summed E-state index contributed by atoms with van der Waals surface area (Å²) in [6.45, 7) is 10.6. The van der Waals surface area contributed by atoms with Gasteiger partial charge in [-0.25, -0.2) is 9.78 Å². The second kappa shape index (κ2) is 8.81. The van der Waals surface area contributed by atoms with Gasteiger partial charge in [-0.05, 0) is 43.2 Å². The molecule has 3 fully saturated rings. The summed E-state index contributed by atoms with van der Waals surface area (Å²) < 4.78 is 5.45. The predicted molar refractivity (Wildman–Crippen MR) is 132 cm³/mol. The number of anilines is 1. The fourth-order valence-electron chi connectivity index (χ4n) is 6.26. The number of carbonyl (C=O) groups is 1. The summed E-state index contributed by atoms with van der Waals surface area (Å²) in [7, 11) is 0. The van der Waals surface area contributed by atoms with Crippen LogP contribution in [-0.4, -0.2) is 74.9 Å². The van der Waals surface area contributed by atoms with Crippen molar-refractivity contribution in [1.29, 1.82) is 0 Å². The van der Waals surface area contributed by atoms with Crippen LogP contribution in [0.25, 0.3) is 10.9 Å². The maximum atomic E-state index is 12.2. The molecule has 3 saturated heterocycles. The highest BCUT2D eigenvalue weighted by Crippen LogP contribution is 2.53. The lowest BCUT2D eigenvalue weighted by molar-refractivity contribution is -0.0175. The van der Waals surface area contributed by atoms with E-state index in [9.17, 15) is 9.90 Å². The van der Waals surface area contributed by atoms with Crippen LogP contribution in [0.3, 0.4) is 0 Å². The lowest BCUT2D eigenvalue weighted by atomic mass is 9.67.